The fourth-order valence-corrected chi connectivity index (χ4v) is 2.65. The maximum atomic E-state index is 12.4. The number of hydrogen-bond acceptors (Lipinski definition) is 3. The number of piperidine rings is 1. The van der Waals surface area contributed by atoms with Gasteiger partial charge in [-0.2, -0.15) is 0 Å². The number of benzene rings is 1. The van der Waals surface area contributed by atoms with Gasteiger partial charge >= 0.3 is 5.97 Å². The van der Waals surface area contributed by atoms with Crippen LogP contribution in [0.15, 0.2) is 22.7 Å². The molecule has 2 rings (SSSR count). The van der Waals surface area contributed by atoms with Crippen molar-refractivity contribution in [3.63, 3.8) is 0 Å². The summed E-state index contributed by atoms with van der Waals surface area (Å²) >= 11 is 3.34. The van der Waals surface area contributed by atoms with Crippen molar-refractivity contribution in [1.29, 1.82) is 0 Å². The van der Waals surface area contributed by atoms with E-state index < -0.39 is 11.6 Å². The molecule has 1 amide bonds. The van der Waals surface area contributed by atoms with Crippen molar-refractivity contribution in [2.75, 3.05) is 13.1 Å². The molecule has 1 fully saturated rings. The number of aliphatic hydroxyl groups is 1. The van der Waals surface area contributed by atoms with Crippen LogP contribution in [-0.4, -0.2) is 45.7 Å². The molecule has 0 bridgehead atoms. The number of nitrogens with zero attached hydrogens (tertiary/aromatic N) is 1. The zero-order chi connectivity index (χ0) is 14.9. The van der Waals surface area contributed by atoms with Crippen molar-refractivity contribution in [1.82, 2.24) is 4.90 Å². The molecule has 0 aliphatic carbocycles. The molecular weight excluding hydrogens is 326 g/mol. The molecule has 1 aliphatic heterocycles. The topological polar surface area (TPSA) is 77.8 Å². The third-order valence-electron chi connectivity index (χ3n) is 3.71. The third-order valence-corrected chi connectivity index (χ3v) is 4.20. The van der Waals surface area contributed by atoms with Gasteiger partial charge in [-0.3, -0.25) is 4.79 Å². The van der Waals surface area contributed by atoms with Crippen LogP contribution in [0.1, 0.15) is 28.8 Å². The van der Waals surface area contributed by atoms with Gasteiger partial charge < -0.3 is 15.1 Å². The lowest BCUT2D eigenvalue weighted by Gasteiger charge is -2.35. The number of carboxylic acid groups (broad SMARTS) is 1. The van der Waals surface area contributed by atoms with Gasteiger partial charge in [-0.1, -0.05) is 22.0 Å². The first-order valence-electron chi connectivity index (χ1n) is 6.35. The summed E-state index contributed by atoms with van der Waals surface area (Å²) in [4.78, 5) is 25.0. The lowest BCUT2D eigenvalue weighted by molar-refractivity contribution is -0.162. The van der Waals surface area contributed by atoms with Crippen molar-refractivity contribution in [3.8, 4) is 0 Å². The number of rotatable bonds is 2. The van der Waals surface area contributed by atoms with E-state index in [0.717, 1.165) is 10.0 Å². The average molecular weight is 342 g/mol. The first-order valence-corrected chi connectivity index (χ1v) is 7.14. The molecule has 0 spiro atoms. The molecule has 5 nitrogen and oxygen atoms in total. The Morgan fingerprint density at radius 1 is 1.30 bits per heavy atom. The number of aliphatic carboxylic acids is 1. The highest BCUT2D eigenvalue weighted by molar-refractivity contribution is 9.10. The van der Waals surface area contributed by atoms with E-state index in [1.54, 1.807) is 11.0 Å². The molecule has 0 aromatic heterocycles. The number of likely N-dealkylation sites (tertiary alicyclic amines) is 1. The molecule has 108 valence electrons. The largest absolute Gasteiger partial charge is 0.479 e. The fraction of sp³-hybridized carbons (Fsp3) is 0.429. The number of carbonyl (C=O) groups is 2. The summed E-state index contributed by atoms with van der Waals surface area (Å²) in [5.41, 5.74) is -0.235. The Kier molecular flexibility index (Phi) is 4.15. The van der Waals surface area contributed by atoms with E-state index in [1.165, 1.54) is 0 Å². The van der Waals surface area contributed by atoms with Crippen molar-refractivity contribution < 1.29 is 19.8 Å². The molecule has 1 aliphatic rings. The molecule has 0 unspecified atom stereocenters. The second kappa shape index (κ2) is 5.54. The van der Waals surface area contributed by atoms with Crippen molar-refractivity contribution in [2.45, 2.75) is 25.4 Å². The van der Waals surface area contributed by atoms with Gasteiger partial charge in [0.1, 0.15) is 0 Å². The average Bonchev–Trinajstić information content (AvgIpc) is 2.41. The molecule has 6 heteroatoms. The number of carbonyl (C=O) groups excluding carboxylic acids is 1. The van der Waals surface area contributed by atoms with Crippen LogP contribution in [0, 0.1) is 6.92 Å². The first kappa shape index (κ1) is 15.0. The molecule has 0 radical (unpaired) electrons. The monoisotopic (exact) mass is 341 g/mol. The van der Waals surface area contributed by atoms with Gasteiger partial charge in [-0.05, 0) is 24.6 Å². The van der Waals surface area contributed by atoms with Gasteiger partial charge in [0.2, 0.25) is 0 Å². The second-order valence-corrected chi connectivity index (χ2v) is 6.00. The summed E-state index contributed by atoms with van der Waals surface area (Å²) in [5, 5.41) is 18.8. The van der Waals surface area contributed by atoms with Gasteiger partial charge in [0.15, 0.2) is 5.60 Å². The molecule has 20 heavy (non-hydrogen) atoms. The van der Waals surface area contributed by atoms with Crippen molar-refractivity contribution >= 4 is 27.8 Å². The molecule has 1 saturated heterocycles. The van der Waals surface area contributed by atoms with Gasteiger partial charge in [0.25, 0.3) is 5.91 Å². The quantitative estimate of drug-likeness (QED) is 0.859. The minimum atomic E-state index is -1.71. The summed E-state index contributed by atoms with van der Waals surface area (Å²) in [6.45, 7) is 2.35. The standard InChI is InChI=1S/C14H16BrNO4/c1-9-2-3-10(15)8-11(9)12(17)16-6-4-14(20,5-7-16)13(18)19/h2-3,8,20H,4-7H2,1H3,(H,18,19). The Morgan fingerprint density at radius 2 is 1.90 bits per heavy atom. The number of carboxylic acids is 1. The zero-order valence-electron chi connectivity index (χ0n) is 11.1. The summed E-state index contributed by atoms with van der Waals surface area (Å²) in [5.74, 6) is -1.35. The van der Waals surface area contributed by atoms with Crippen LogP contribution in [-0.2, 0) is 4.79 Å². The van der Waals surface area contributed by atoms with Crippen LogP contribution in [0.25, 0.3) is 0 Å². The molecule has 1 aromatic rings. The molecule has 0 atom stereocenters. The summed E-state index contributed by atoms with van der Waals surface area (Å²) in [7, 11) is 0. The van der Waals surface area contributed by atoms with Crippen molar-refractivity contribution in [2.24, 2.45) is 0 Å². The van der Waals surface area contributed by atoms with Gasteiger partial charge in [-0.25, -0.2) is 4.79 Å². The maximum Gasteiger partial charge on any atom is 0.335 e. The molecular formula is C14H16BrNO4. The molecule has 0 saturated carbocycles. The Hall–Kier alpha value is -1.40. The zero-order valence-corrected chi connectivity index (χ0v) is 12.7. The lowest BCUT2D eigenvalue weighted by Crippen LogP contribution is -2.50. The van der Waals surface area contributed by atoms with Crippen LogP contribution < -0.4 is 0 Å². The van der Waals surface area contributed by atoms with Gasteiger partial charge in [0, 0.05) is 36.0 Å². The number of halogens is 1. The van der Waals surface area contributed by atoms with Gasteiger partial charge in [-0.15, -0.1) is 0 Å². The molecule has 2 N–H and O–H groups in total. The Labute approximate surface area is 125 Å². The lowest BCUT2D eigenvalue weighted by atomic mass is 9.91. The fourth-order valence-electron chi connectivity index (χ4n) is 2.29. The third kappa shape index (κ3) is 2.86. The van der Waals surface area contributed by atoms with Crippen LogP contribution in [0.3, 0.4) is 0 Å². The number of aryl methyl sites for hydroxylation is 1. The highest BCUT2D eigenvalue weighted by Gasteiger charge is 2.40. The van der Waals surface area contributed by atoms with Crippen LogP contribution in [0.2, 0.25) is 0 Å². The predicted octanol–water partition coefficient (Wildman–Crippen LogP) is 1.81. The highest BCUT2D eigenvalue weighted by atomic mass is 79.9. The van der Waals surface area contributed by atoms with E-state index in [-0.39, 0.29) is 31.8 Å². The van der Waals surface area contributed by atoms with Crippen LogP contribution >= 0.6 is 15.9 Å². The van der Waals surface area contributed by atoms with Crippen LogP contribution in [0.5, 0.6) is 0 Å². The minimum absolute atomic E-state index is 0.0567. The van der Waals surface area contributed by atoms with Gasteiger partial charge in [0.05, 0.1) is 0 Å². The van der Waals surface area contributed by atoms with E-state index in [0.29, 0.717) is 5.56 Å². The SMILES string of the molecule is Cc1ccc(Br)cc1C(=O)N1CCC(O)(C(=O)O)CC1. The Bertz CT molecular complexity index is 550. The molecule has 1 heterocycles. The normalized spacial score (nSPS) is 17.9. The first-order chi connectivity index (χ1) is 9.33. The van der Waals surface area contributed by atoms with E-state index in [2.05, 4.69) is 15.9 Å². The number of hydrogen-bond donors (Lipinski definition) is 2. The summed E-state index contributed by atoms with van der Waals surface area (Å²) in [6, 6.07) is 5.48. The van der Waals surface area contributed by atoms with Crippen LogP contribution in [0.4, 0.5) is 0 Å². The van der Waals surface area contributed by atoms with E-state index in [9.17, 15) is 14.7 Å². The highest BCUT2D eigenvalue weighted by Crippen LogP contribution is 2.25. The summed E-state index contributed by atoms with van der Waals surface area (Å²) in [6.07, 6.45) is 0.113. The predicted molar refractivity (Wildman–Crippen MR) is 76.6 cm³/mol. The number of amides is 1. The van der Waals surface area contributed by atoms with Crippen molar-refractivity contribution in [3.05, 3.63) is 33.8 Å². The van der Waals surface area contributed by atoms with E-state index in [1.807, 2.05) is 19.1 Å². The molecule has 1 aromatic carbocycles. The maximum absolute atomic E-state index is 12.4. The Morgan fingerprint density at radius 3 is 2.45 bits per heavy atom. The second-order valence-electron chi connectivity index (χ2n) is 5.09. The Balaban J connectivity index is 2.13. The van der Waals surface area contributed by atoms with E-state index >= 15 is 0 Å². The summed E-state index contributed by atoms with van der Waals surface area (Å²) < 4.78 is 0.825. The smallest absolute Gasteiger partial charge is 0.335 e. The van der Waals surface area contributed by atoms with E-state index in [4.69, 9.17) is 5.11 Å². The minimum Gasteiger partial charge on any atom is -0.479 e.